The number of carbonyl (C=O) groups is 2. The summed E-state index contributed by atoms with van der Waals surface area (Å²) in [5.41, 5.74) is 5.39. The molecule has 4 nitrogen and oxygen atoms in total. The summed E-state index contributed by atoms with van der Waals surface area (Å²) < 4.78 is 0. The lowest BCUT2D eigenvalue weighted by atomic mass is 9.94. The fourth-order valence-electron chi connectivity index (χ4n) is 1.44. The van der Waals surface area contributed by atoms with Gasteiger partial charge in [0, 0.05) is 36.9 Å². The molecule has 94 valence electrons. The van der Waals surface area contributed by atoms with E-state index in [0.29, 0.717) is 13.0 Å². The fourth-order valence-corrected chi connectivity index (χ4v) is 2.43. The van der Waals surface area contributed by atoms with Crippen molar-refractivity contribution < 1.29 is 9.59 Å². The Labute approximate surface area is 102 Å². The lowest BCUT2D eigenvalue weighted by Gasteiger charge is -2.17. The fraction of sp³-hybridized carbons (Fsp3) is 0.818. The second-order valence-electron chi connectivity index (χ2n) is 3.92. The van der Waals surface area contributed by atoms with Gasteiger partial charge in [-0.2, -0.15) is 11.8 Å². The van der Waals surface area contributed by atoms with Gasteiger partial charge in [-0.25, -0.2) is 0 Å². The van der Waals surface area contributed by atoms with Crippen LogP contribution in [0.25, 0.3) is 0 Å². The molecule has 2 atom stereocenters. The lowest BCUT2D eigenvalue weighted by molar-refractivity contribution is -0.125. The molecule has 0 aliphatic heterocycles. The second kappa shape index (κ2) is 8.58. The number of hydrogen-bond donors (Lipinski definition) is 2. The third kappa shape index (κ3) is 6.12. The zero-order valence-corrected chi connectivity index (χ0v) is 11.1. The van der Waals surface area contributed by atoms with E-state index in [0.717, 1.165) is 11.5 Å². The Kier molecular flexibility index (Phi) is 8.29. The van der Waals surface area contributed by atoms with Crippen LogP contribution in [0.4, 0.5) is 0 Å². The average Bonchev–Trinajstić information content (AvgIpc) is 2.26. The first-order valence-electron chi connectivity index (χ1n) is 5.52. The van der Waals surface area contributed by atoms with Crippen LogP contribution in [0, 0.1) is 11.8 Å². The van der Waals surface area contributed by atoms with Crippen LogP contribution in [0.3, 0.4) is 0 Å². The van der Waals surface area contributed by atoms with E-state index in [4.69, 9.17) is 5.73 Å². The minimum atomic E-state index is -0.114. The largest absolute Gasteiger partial charge is 0.359 e. The Morgan fingerprint density at radius 2 is 2.06 bits per heavy atom. The highest BCUT2D eigenvalue weighted by Crippen LogP contribution is 2.18. The van der Waals surface area contributed by atoms with Gasteiger partial charge in [0.05, 0.1) is 0 Å². The summed E-state index contributed by atoms with van der Waals surface area (Å²) in [5, 5.41) is 2.60. The molecule has 0 aromatic carbocycles. The van der Waals surface area contributed by atoms with Crippen molar-refractivity contribution in [3.05, 3.63) is 0 Å². The maximum Gasteiger partial charge on any atom is 0.222 e. The van der Waals surface area contributed by atoms with Crippen LogP contribution in [-0.4, -0.2) is 36.8 Å². The van der Waals surface area contributed by atoms with E-state index in [1.807, 2.05) is 6.92 Å². The molecule has 2 unspecified atom stereocenters. The first kappa shape index (κ1) is 15.4. The maximum absolute atomic E-state index is 11.4. The number of thioether (sulfide) groups is 1. The number of rotatable bonds is 8. The van der Waals surface area contributed by atoms with Gasteiger partial charge in [-0.1, -0.05) is 6.92 Å². The number of carbonyl (C=O) groups excluding carboxylic acids is 2. The number of nitrogens with two attached hydrogens (primary N) is 1. The number of Topliss-reactive ketones (excluding diaryl/α,β-unsaturated/α-hetero) is 1. The Morgan fingerprint density at radius 1 is 1.44 bits per heavy atom. The van der Waals surface area contributed by atoms with E-state index in [-0.39, 0.29) is 23.5 Å². The molecule has 3 N–H and O–H groups in total. The minimum absolute atomic E-state index is 0.00456. The van der Waals surface area contributed by atoms with Crippen molar-refractivity contribution in [1.82, 2.24) is 5.32 Å². The monoisotopic (exact) mass is 246 g/mol. The van der Waals surface area contributed by atoms with Crippen LogP contribution in [0.5, 0.6) is 0 Å². The minimum Gasteiger partial charge on any atom is -0.359 e. The highest BCUT2D eigenvalue weighted by Gasteiger charge is 2.21. The molecule has 0 fully saturated rings. The first-order valence-corrected chi connectivity index (χ1v) is 6.68. The van der Waals surface area contributed by atoms with Gasteiger partial charge >= 0.3 is 0 Å². The highest BCUT2D eigenvalue weighted by atomic mass is 32.2. The molecule has 0 spiro atoms. The number of ketones is 1. The predicted molar refractivity (Wildman–Crippen MR) is 68.4 cm³/mol. The van der Waals surface area contributed by atoms with E-state index in [1.165, 1.54) is 0 Å². The molecule has 1 amide bonds. The quantitative estimate of drug-likeness (QED) is 0.617. The van der Waals surface area contributed by atoms with Gasteiger partial charge in [0.1, 0.15) is 5.78 Å². The second-order valence-corrected chi connectivity index (χ2v) is 5.07. The summed E-state index contributed by atoms with van der Waals surface area (Å²) in [7, 11) is 1.62. The highest BCUT2D eigenvalue weighted by molar-refractivity contribution is 7.99. The van der Waals surface area contributed by atoms with Crippen molar-refractivity contribution in [2.45, 2.75) is 20.3 Å². The number of hydrogen-bond acceptors (Lipinski definition) is 4. The summed E-state index contributed by atoms with van der Waals surface area (Å²) in [6, 6.07) is 0. The molecule has 0 aliphatic carbocycles. The van der Waals surface area contributed by atoms with Crippen LogP contribution in [-0.2, 0) is 9.59 Å². The van der Waals surface area contributed by atoms with Crippen molar-refractivity contribution in [3.63, 3.8) is 0 Å². The van der Waals surface area contributed by atoms with Gasteiger partial charge in [0.15, 0.2) is 0 Å². The summed E-state index contributed by atoms with van der Waals surface area (Å²) in [5.74, 6) is 1.61. The van der Waals surface area contributed by atoms with Crippen molar-refractivity contribution >= 4 is 23.5 Å². The molecule has 5 heteroatoms. The number of amides is 1. The van der Waals surface area contributed by atoms with Gasteiger partial charge < -0.3 is 11.1 Å². The van der Waals surface area contributed by atoms with Crippen molar-refractivity contribution in [2.75, 3.05) is 25.1 Å². The van der Waals surface area contributed by atoms with Crippen LogP contribution in [0.1, 0.15) is 20.3 Å². The van der Waals surface area contributed by atoms with Crippen molar-refractivity contribution in [3.8, 4) is 0 Å². The third-order valence-corrected chi connectivity index (χ3v) is 3.65. The van der Waals surface area contributed by atoms with Crippen LogP contribution in [0.15, 0.2) is 0 Å². The molecule has 0 bridgehead atoms. The van der Waals surface area contributed by atoms with Crippen molar-refractivity contribution in [1.29, 1.82) is 0 Å². The van der Waals surface area contributed by atoms with E-state index >= 15 is 0 Å². The molecule has 0 radical (unpaired) electrons. The Hall–Kier alpha value is -0.550. The Morgan fingerprint density at radius 3 is 2.50 bits per heavy atom. The smallest absolute Gasteiger partial charge is 0.222 e. The van der Waals surface area contributed by atoms with Gasteiger partial charge in [-0.15, -0.1) is 0 Å². The molecule has 0 heterocycles. The Balaban J connectivity index is 4.12. The standard InChI is InChI=1S/C11H22N2O2S/c1-8(11(15)13-3)6-10(9(2)14)7-16-5-4-12/h8,10H,4-7,12H2,1-3H3,(H,13,15). The molecule has 0 aromatic rings. The van der Waals surface area contributed by atoms with Gasteiger partial charge in [0.25, 0.3) is 0 Å². The third-order valence-electron chi connectivity index (χ3n) is 2.49. The molecular weight excluding hydrogens is 224 g/mol. The summed E-state index contributed by atoms with van der Waals surface area (Å²) >= 11 is 1.67. The van der Waals surface area contributed by atoms with Gasteiger partial charge in [-0.05, 0) is 13.3 Å². The lowest BCUT2D eigenvalue weighted by Crippen LogP contribution is -2.29. The molecule has 16 heavy (non-hydrogen) atoms. The van der Waals surface area contributed by atoms with Crippen LogP contribution >= 0.6 is 11.8 Å². The molecule has 0 saturated carbocycles. The summed E-state index contributed by atoms with van der Waals surface area (Å²) in [6.45, 7) is 4.06. The maximum atomic E-state index is 11.4. The number of nitrogens with one attached hydrogen (secondary N) is 1. The average molecular weight is 246 g/mol. The molecule has 0 aromatic heterocycles. The predicted octanol–water partition coefficient (Wildman–Crippen LogP) is 0.656. The van der Waals surface area contributed by atoms with E-state index < -0.39 is 0 Å². The van der Waals surface area contributed by atoms with Crippen LogP contribution in [0.2, 0.25) is 0 Å². The van der Waals surface area contributed by atoms with Gasteiger partial charge in [-0.3, -0.25) is 9.59 Å². The molecule has 0 saturated heterocycles. The topological polar surface area (TPSA) is 72.2 Å². The zero-order valence-electron chi connectivity index (χ0n) is 10.3. The van der Waals surface area contributed by atoms with Crippen molar-refractivity contribution in [2.24, 2.45) is 17.6 Å². The summed E-state index contributed by atoms with van der Waals surface area (Å²) in [4.78, 5) is 22.8. The van der Waals surface area contributed by atoms with Crippen LogP contribution < -0.4 is 11.1 Å². The van der Waals surface area contributed by atoms with Gasteiger partial charge in [0.2, 0.25) is 5.91 Å². The SMILES string of the molecule is CNC(=O)C(C)CC(CSCCN)C(C)=O. The molecular formula is C11H22N2O2S. The normalized spacial score (nSPS) is 14.2. The summed E-state index contributed by atoms with van der Waals surface area (Å²) in [6.07, 6.45) is 0.618. The molecule has 0 aliphatic rings. The Bertz CT molecular complexity index is 234. The van der Waals surface area contributed by atoms with E-state index in [2.05, 4.69) is 5.32 Å². The first-order chi connectivity index (χ1) is 7.52. The molecule has 0 rings (SSSR count). The van der Waals surface area contributed by atoms with E-state index in [9.17, 15) is 9.59 Å². The van der Waals surface area contributed by atoms with E-state index in [1.54, 1.807) is 25.7 Å². The zero-order chi connectivity index (χ0) is 12.6.